The number of aromatic nitrogens is 3. The predicted octanol–water partition coefficient (Wildman–Crippen LogP) is 3.31. The van der Waals surface area contributed by atoms with Crippen molar-refractivity contribution in [2.45, 2.75) is 58.8 Å². The highest BCUT2D eigenvalue weighted by atomic mass is 16.6. The van der Waals surface area contributed by atoms with Gasteiger partial charge in [0.05, 0.1) is 12.1 Å². The number of carbonyl (C=O) groups excluding carboxylic acids is 2. The zero-order valence-electron chi connectivity index (χ0n) is 21.5. The molecule has 3 atom stereocenters. The summed E-state index contributed by atoms with van der Waals surface area (Å²) in [4.78, 5) is 43.2. The first-order valence-corrected chi connectivity index (χ1v) is 12.5. The van der Waals surface area contributed by atoms with Crippen LogP contribution in [0, 0.1) is 6.92 Å². The van der Waals surface area contributed by atoms with Gasteiger partial charge < -0.3 is 15.0 Å². The number of piperazine rings is 1. The molecule has 0 saturated carbocycles. The topological polar surface area (TPSA) is 104 Å². The van der Waals surface area contributed by atoms with Crippen molar-refractivity contribution in [2.75, 3.05) is 36.5 Å². The number of anilines is 2. The van der Waals surface area contributed by atoms with Crippen LogP contribution in [-0.4, -0.2) is 75.1 Å². The van der Waals surface area contributed by atoms with Gasteiger partial charge in [-0.1, -0.05) is 37.8 Å². The highest BCUT2D eigenvalue weighted by Gasteiger charge is 2.35. The second-order valence-electron chi connectivity index (χ2n) is 9.44. The van der Waals surface area contributed by atoms with Crippen LogP contribution in [0.1, 0.15) is 50.2 Å². The monoisotopic (exact) mass is 493 g/mol. The molecule has 2 fully saturated rings. The lowest BCUT2D eigenvalue weighted by Gasteiger charge is -2.39. The van der Waals surface area contributed by atoms with E-state index in [-0.39, 0.29) is 24.0 Å². The first-order chi connectivity index (χ1) is 17.3. The number of nitrogens with one attached hydrogen (secondary N) is 1. The number of carbonyl (C=O) groups is 2. The Labute approximate surface area is 212 Å². The Morgan fingerprint density at radius 3 is 2.67 bits per heavy atom. The number of hydrogen-bond donors (Lipinski definition) is 1. The van der Waals surface area contributed by atoms with Gasteiger partial charge in [0.15, 0.2) is 0 Å². The zero-order chi connectivity index (χ0) is 25.8. The smallest absolute Gasteiger partial charge is 0.417 e. The number of cyclic esters (lactones) is 1. The van der Waals surface area contributed by atoms with Gasteiger partial charge in [-0.25, -0.2) is 9.69 Å². The van der Waals surface area contributed by atoms with Crippen LogP contribution in [0.2, 0.25) is 0 Å². The van der Waals surface area contributed by atoms with E-state index < -0.39 is 6.09 Å². The Bertz CT molecular complexity index is 1110. The number of aryl methyl sites for hydroxylation is 1. The van der Waals surface area contributed by atoms with E-state index in [0.29, 0.717) is 30.9 Å². The fourth-order valence-corrected chi connectivity index (χ4v) is 4.71. The van der Waals surface area contributed by atoms with Crippen LogP contribution in [0.4, 0.5) is 16.7 Å². The molecule has 0 unspecified atom stereocenters. The lowest BCUT2D eigenvalue weighted by molar-refractivity contribution is -0.130. The maximum absolute atomic E-state index is 12.2. The number of amides is 2. The summed E-state index contributed by atoms with van der Waals surface area (Å²) < 4.78 is 5.19. The molecule has 2 aliphatic heterocycles. The van der Waals surface area contributed by atoms with Crippen molar-refractivity contribution in [2.24, 2.45) is 0 Å². The Morgan fingerprint density at radius 2 is 2.00 bits per heavy atom. The molecule has 1 N–H and O–H groups in total. The lowest BCUT2D eigenvalue weighted by Crippen LogP contribution is -2.53. The lowest BCUT2D eigenvalue weighted by atomic mass is 10.1. The summed E-state index contributed by atoms with van der Waals surface area (Å²) in [6.07, 6.45) is 1.72. The fraction of sp³-hybridized carbons (Fsp3) is 0.500. The number of benzene rings is 1. The number of nitrogens with zero attached hydrogens (tertiary/aromatic N) is 6. The van der Waals surface area contributed by atoms with E-state index in [1.165, 1.54) is 16.5 Å². The third-order valence-corrected chi connectivity index (χ3v) is 6.78. The molecule has 2 amide bonds. The summed E-state index contributed by atoms with van der Waals surface area (Å²) in [6, 6.07) is 8.52. The molecule has 0 aliphatic carbocycles. The molecule has 2 aliphatic rings. The summed E-state index contributed by atoms with van der Waals surface area (Å²) >= 11 is 0. The van der Waals surface area contributed by atoms with E-state index in [1.54, 1.807) is 6.92 Å². The summed E-state index contributed by atoms with van der Waals surface area (Å²) in [5.74, 6) is 1.26. The Balaban J connectivity index is 1.38. The average Bonchev–Trinajstić information content (AvgIpc) is 3.24. The normalized spacial score (nSPS) is 21.3. The summed E-state index contributed by atoms with van der Waals surface area (Å²) in [5, 5.41) is 3.34. The van der Waals surface area contributed by atoms with Gasteiger partial charge >= 0.3 is 6.09 Å². The van der Waals surface area contributed by atoms with Crippen LogP contribution in [0.25, 0.3) is 0 Å². The standard InChI is InChI=1S/C26H35N7O3/c1-6-22-16-36-26(35)33(22)25-29-19(5)28-24(30-25)27-18(4)21-10-8-20(9-11-21)15-31-12-13-32(17(3)14-31)23(34)7-2/h7-11,17-18,22H,2,6,12-16H2,1,3-5H3,(H,27,28,29,30)/t17-,18+,22+/m1/s1. The largest absolute Gasteiger partial charge is 0.447 e. The Hall–Kier alpha value is -3.53. The van der Waals surface area contributed by atoms with E-state index in [4.69, 9.17) is 4.74 Å². The maximum atomic E-state index is 12.2. The molecule has 3 heterocycles. The maximum Gasteiger partial charge on any atom is 0.417 e. The Morgan fingerprint density at radius 1 is 1.25 bits per heavy atom. The van der Waals surface area contributed by atoms with Crippen molar-refractivity contribution in [3.63, 3.8) is 0 Å². The van der Waals surface area contributed by atoms with Gasteiger partial charge in [0.2, 0.25) is 17.8 Å². The predicted molar refractivity (Wildman–Crippen MR) is 138 cm³/mol. The third kappa shape index (κ3) is 5.64. The van der Waals surface area contributed by atoms with Crippen molar-refractivity contribution in [1.29, 1.82) is 0 Å². The summed E-state index contributed by atoms with van der Waals surface area (Å²) in [6.45, 7) is 15.1. The summed E-state index contributed by atoms with van der Waals surface area (Å²) in [7, 11) is 0. The molecule has 4 rings (SSSR count). The molecule has 0 radical (unpaired) electrons. The second kappa shape index (κ2) is 11.0. The minimum absolute atomic E-state index is 0.000902. The van der Waals surface area contributed by atoms with Gasteiger partial charge in [0, 0.05) is 32.2 Å². The second-order valence-corrected chi connectivity index (χ2v) is 9.44. The molecule has 0 bridgehead atoms. The van der Waals surface area contributed by atoms with Gasteiger partial charge in [-0.05, 0) is 44.4 Å². The Kier molecular flexibility index (Phi) is 7.83. The van der Waals surface area contributed by atoms with Gasteiger partial charge in [-0.3, -0.25) is 9.69 Å². The molecular weight excluding hydrogens is 458 g/mol. The first-order valence-electron chi connectivity index (χ1n) is 12.5. The van der Waals surface area contributed by atoms with Crippen molar-refractivity contribution in [3.05, 3.63) is 53.9 Å². The number of rotatable bonds is 8. The molecule has 36 heavy (non-hydrogen) atoms. The molecule has 1 aromatic heterocycles. The van der Waals surface area contributed by atoms with E-state index in [2.05, 4.69) is 62.9 Å². The summed E-state index contributed by atoms with van der Waals surface area (Å²) in [5.41, 5.74) is 2.32. The minimum atomic E-state index is -0.426. The minimum Gasteiger partial charge on any atom is -0.447 e. The van der Waals surface area contributed by atoms with Crippen LogP contribution in [0.5, 0.6) is 0 Å². The zero-order valence-corrected chi connectivity index (χ0v) is 21.5. The van der Waals surface area contributed by atoms with Crippen molar-refractivity contribution >= 4 is 23.9 Å². The molecule has 10 nitrogen and oxygen atoms in total. The van der Waals surface area contributed by atoms with Crippen LogP contribution >= 0.6 is 0 Å². The molecule has 0 spiro atoms. The van der Waals surface area contributed by atoms with Crippen LogP contribution in [0.15, 0.2) is 36.9 Å². The molecule has 192 valence electrons. The highest BCUT2D eigenvalue weighted by Crippen LogP contribution is 2.24. The van der Waals surface area contributed by atoms with Crippen molar-refractivity contribution < 1.29 is 14.3 Å². The SMILES string of the molecule is C=CC(=O)N1CCN(Cc2ccc([C@H](C)Nc3nc(C)nc(N4C(=O)OC[C@@H]4CC)n3)cc2)C[C@H]1C. The van der Waals surface area contributed by atoms with E-state index in [9.17, 15) is 9.59 Å². The van der Waals surface area contributed by atoms with E-state index >= 15 is 0 Å². The van der Waals surface area contributed by atoms with Gasteiger partial charge in [-0.15, -0.1) is 0 Å². The number of ether oxygens (including phenoxy) is 1. The third-order valence-electron chi connectivity index (χ3n) is 6.78. The fourth-order valence-electron chi connectivity index (χ4n) is 4.71. The molecule has 2 aromatic rings. The number of hydrogen-bond acceptors (Lipinski definition) is 8. The van der Waals surface area contributed by atoms with Gasteiger partial charge in [-0.2, -0.15) is 15.0 Å². The van der Waals surface area contributed by atoms with E-state index in [0.717, 1.165) is 31.6 Å². The molecular formula is C26H35N7O3. The average molecular weight is 494 g/mol. The molecule has 1 aromatic carbocycles. The van der Waals surface area contributed by atoms with E-state index in [1.807, 2.05) is 18.7 Å². The van der Waals surface area contributed by atoms with Crippen molar-refractivity contribution in [1.82, 2.24) is 24.8 Å². The quantitative estimate of drug-likeness (QED) is 0.559. The van der Waals surface area contributed by atoms with Crippen LogP contribution in [0.3, 0.4) is 0 Å². The molecule has 2 saturated heterocycles. The van der Waals surface area contributed by atoms with Crippen LogP contribution in [-0.2, 0) is 16.1 Å². The van der Waals surface area contributed by atoms with Gasteiger partial charge in [0.25, 0.3) is 0 Å². The molecule has 10 heteroatoms. The van der Waals surface area contributed by atoms with Crippen molar-refractivity contribution in [3.8, 4) is 0 Å². The van der Waals surface area contributed by atoms with Gasteiger partial charge in [0.1, 0.15) is 12.4 Å². The first kappa shape index (κ1) is 25.6. The van der Waals surface area contributed by atoms with Crippen LogP contribution < -0.4 is 10.2 Å². The highest BCUT2D eigenvalue weighted by molar-refractivity contribution is 5.88.